The van der Waals surface area contributed by atoms with Crippen molar-refractivity contribution >= 4 is 22.5 Å². The van der Waals surface area contributed by atoms with E-state index in [1.165, 1.54) is 0 Å². The van der Waals surface area contributed by atoms with Crippen molar-refractivity contribution < 1.29 is 9.53 Å². The molecule has 4 heteroatoms. The topological polar surface area (TPSA) is 43.3 Å². The first-order chi connectivity index (χ1) is 11.5. The van der Waals surface area contributed by atoms with E-state index in [1.807, 2.05) is 74.9 Å². The van der Waals surface area contributed by atoms with Crippen LogP contribution < -0.4 is 10.1 Å². The Balaban J connectivity index is 2.11. The highest BCUT2D eigenvalue weighted by atomic mass is 16.5. The van der Waals surface area contributed by atoms with Crippen molar-refractivity contribution in [2.75, 3.05) is 11.9 Å². The molecule has 3 rings (SSSR count). The molecule has 0 aliphatic rings. The molecule has 3 aromatic rings. The van der Waals surface area contributed by atoms with E-state index in [1.54, 1.807) is 0 Å². The SMILES string of the molecule is CCOc1c(C(=O)Nc2c(C)cccc2C)c2ccccc2n1C. The molecule has 0 unspecified atom stereocenters. The van der Waals surface area contributed by atoms with Gasteiger partial charge in [0.05, 0.1) is 12.1 Å². The van der Waals surface area contributed by atoms with Crippen LogP contribution in [-0.2, 0) is 7.05 Å². The fourth-order valence-corrected chi connectivity index (χ4v) is 3.08. The van der Waals surface area contributed by atoms with Gasteiger partial charge in [0.15, 0.2) is 0 Å². The molecule has 0 aliphatic carbocycles. The number of hydrogen-bond donors (Lipinski definition) is 1. The smallest absolute Gasteiger partial charge is 0.261 e. The van der Waals surface area contributed by atoms with Crippen LogP contribution in [-0.4, -0.2) is 17.1 Å². The number of rotatable bonds is 4. The summed E-state index contributed by atoms with van der Waals surface area (Å²) >= 11 is 0. The minimum atomic E-state index is -0.146. The van der Waals surface area contributed by atoms with Gasteiger partial charge in [-0.15, -0.1) is 0 Å². The van der Waals surface area contributed by atoms with Crippen LogP contribution in [0.25, 0.3) is 10.9 Å². The zero-order chi connectivity index (χ0) is 17.3. The highest BCUT2D eigenvalue weighted by Crippen LogP contribution is 2.32. The second-order valence-corrected chi connectivity index (χ2v) is 5.91. The summed E-state index contributed by atoms with van der Waals surface area (Å²) in [5.41, 5.74) is 4.51. The Hall–Kier alpha value is -2.75. The largest absolute Gasteiger partial charge is 0.479 e. The van der Waals surface area contributed by atoms with Gasteiger partial charge in [-0.3, -0.25) is 4.79 Å². The van der Waals surface area contributed by atoms with Crippen LogP contribution in [0.4, 0.5) is 5.69 Å². The molecule has 4 nitrogen and oxygen atoms in total. The minimum absolute atomic E-state index is 0.146. The summed E-state index contributed by atoms with van der Waals surface area (Å²) in [5.74, 6) is 0.454. The van der Waals surface area contributed by atoms with Crippen molar-refractivity contribution in [2.45, 2.75) is 20.8 Å². The lowest BCUT2D eigenvalue weighted by Crippen LogP contribution is -2.15. The van der Waals surface area contributed by atoms with Gasteiger partial charge in [-0.25, -0.2) is 0 Å². The number of hydrogen-bond acceptors (Lipinski definition) is 2. The number of aryl methyl sites for hydroxylation is 3. The predicted molar refractivity (Wildman–Crippen MR) is 98.0 cm³/mol. The number of ether oxygens (including phenoxy) is 1. The number of fused-ring (bicyclic) bond motifs is 1. The van der Waals surface area contributed by atoms with Gasteiger partial charge in [0.25, 0.3) is 5.91 Å². The van der Waals surface area contributed by atoms with Gasteiger partial charge in [0.1, 0.15) is 5.56 Å². The van der Waals surface area contributed by atoms with Crippen LogP contribution in [0.5, 0.6) is 5.88 Å². The Kier molecular flexibility index (Phi) is 4.30. The third-order valence-electron chi connectivity index (χ3n) is 4.28. The van der Waals surface area contributed by atoms with E-state index >= 15 is 0 Å². The molecule has 2 aromatic carbocycles. The predicted octanol–water partition coefficient (Wildman–Crippen LogP) is 4.45. The molecule has 124 valence electrons. The summed E-state index contributed by atoms with van der Waals surface area (Å²) in [6.07, 6.45) is 0. The summed E-state index contributed by atoms with van der Waals surface area (Å²) in [7, 11) is 1.92. The second kappa shape index (κ2) is 6.40. The van der Waals surface area contributed by atoms with Crippen molar-refractivity contribution in [1.29, 1.82) is 0 Å². The van der Waals surface area contributed by atoms with Gasteiger partial charge in [-0.1, -0.05) is 36.4 Å². The maximum Gasteiger partial charge on any atom is 0.261 e. The molecule has 0 atom stereocenters. The molecule has 1 aromatic heterocycles. The number of anilines is 1. The molecule has 24 heavy (non-hydrogen) atoms. The number of nitrogens with one attached hydrogen (secondary N) is 1. The fraction of sp³-hybridized carbons (Fsp3) is 0.250. The third kappa shape index (κ3) is 2.64. The third-order valence-corrected chi connectivity index (χ3v) is 4.28. The van der Waals surface area contributed by atoms with Crippen molar-refractivity contribution in [3.05, 3.63) is 59.2 Å². The number of aromatic nitrogens is 1. The summed E-state index contributed by atoms with van der Waals surface area (Å²) in [6, 6.07) is 13.8. The van der Waals surface area contributed by atoms with Crippen LogP contribution in [0, 0.1) is 13.8 Å². The van der Waals surface area contributed by atoms with E-state index in [4.69, 9.17) is 4.74 Å². The molecule has 0 aliphatic heterocycles. The van der Waals surface area contributed by atoms with Crippen LogP contribution in [0.15, 0.2) is 42.5 Å². The molecule has 0 saturated carbocycles. The first-order valence-electron chi connectivity index (χ1n) is 8.12. The fourth-order valence-electron chi connectivity index (χ4n) is 3.08. The Morgan fingerprint density at radius 3 is 2.42 bits per heavy atom. The summed E-state index contributed by atoms with van der Waals surface area (Å²) in [6.45, 7) is 6.42. The zero-order valence-electron chi connectivity index (χ0n) is 14.5. The van der Waals surface area contributed by atoms with Crippen LogP contribution in [0.3, 0.4) is 0 Å². The number of benzene rings is 2. The van der Waals surface area contributed by atoms with Gasteiger partial charge >= 0.3 is 0 Å². The van der Waals surface area contributed by atoms with E-state index in [2.05, 4.69) is 5.32 Å². The number of para-hydroxylation sites is 2. The van der Waals surface area contributed by atoms with Gasteiger partial charge in [-0.05, 0) is 38.0 Å². The number of nitrogens with zero attached hydrogens (tertiary/aromatic N) is 1. The van der Waals surface area contributed by atoms with Gasteiger partial charge in [-0.2, -0.15) is 0 Å². The minimum Gasteiger partial charge on any atom is -0.479 e. The van der Waals surface area contributed by atoms with Crippen molar-refractivity contribution in [3.8, 4) is 5.88 Å². The molecule has 0 radical (unpaired) electrons. The average molecular weight is 322 g/mol. The van der Waals surface area contributed by atoms with Crippen molar-refractivity contribution in [2.24, 2.45) is 7.05 Å². The molecule has 1 amide bonds. The molecule has 1 heterocycles. The summed E-state index contributed by atoms with van der Waals surface area (Å²) < 4.78 is 7.70. The lowest BCUT2D eigenvalue weighted by molar-refractivity contribution is 0.102. The van der Waals surface area contributed by atoms with Gasteiger partial charge in [0, 0.05) is 18.1 Å². The maximum absolute atomic E-state index is 13.0. The quantitative estimate of drug-likeness (QED) is 0.771. The molecule has 0 spiro atoms. The Morgan fingerprint density at radius 2 is 1.75 bits per heavy atom. The van der Waals surface area contributed by atoms with Gasteiger partial charge < -0.3 is 14.6 Å². The van der Waals surface area contributed by atoms with E-state index in [0.29, 0.717) is 18.1 Å². The lowest BCUT2D eigenvalue weighted by Gasteiger charge is -2.12. The Morgan fingerprint density at radius 1 is 1.08 bits per heavy atom. The van der Waals surface area contributed by atoms with Crippen LogP contribution >= 0.6 is 0 Å². The average Bonchev–Trinajstić information content (AvgIpc) is 2.84. The molecule has 0 fully saturated rings. The van der Waals surface area contributed by atoms with Crippen molar-refractivity contribution in [3.63, 3.8) is 0 Å². The Labute approximate surface area is 142 Å². The highest BCUT2D eigenvalue weighted by molar-refractivity contribution is 6.15. The van der Waals surface area contributed by atoms with E-state index in [0.717, 1.165) is 27.7 Å². The number of amides is 1. The molecular formula is C20H22N2O2. The molecule has 1 N–H and O–H groups in total. The normalized spacial score (nSPS) is 10.8. The maximum atomic E-state index is 13.0. The monoisotopic (exact) mass is 322 g/mol. The van der Waals surface area contributed by atoms with E-state index in [9.17, 15) is 4.79 Å². The second-order valence-electron chi connectivity index (χ2n) is 5.91. The first-order valence-corrected chi connectivity index (χ1v) is 8.12. The van der Waals surface area contributed by atoms with E-state index in [-0.39, 0.29) is 5.91 Å². The number of carbonyl (C=O) groups excluding carboxylic acids is 1. The van der Waals surface area contributed by atoms with Gasteiger partial charge in [0.2, 0.25) is 5.88 Å². The van der Waals surface area contributed by atoms with Crippen LogP contribution in [0.1, 0.15) is 28.4 Å². The number of carbonyl (C=O) groups is 1. The molecule has 0 bridgehead atoms. The highest BCUT2D eigenvalue weighted by Gasteiger charge is 2.23. The lowest BCUT2D eigenvalue weighted by atomic mass is 10.1. The van der Waals surface area contributed by atoms with Crippen LogP contribution in [0.2, 0.25) is 0 Å². The Bertz CT molecular complexity index is 889. The summed E-state index contributed by atoms with van der Waals surface area (Å²) in [5, 5.41) is 3.96. The zero-order valence-corrected chi connectivity index (χ0v) is 14.5. The first kappa shape index (κ1) is 16.1. The molecule has 0 saturated heterocycles. The van der Waals surface area contributed by atoms with Crippen molar-refractivity contribution in [1.82, 2.24) is 4.57 Å². The van der Waals surface area contributed by atoms with E-state index < -0.39 is 0 Å². The standard InChI is InChI=1S/C20H22N2O2/c1-5-24-20-17(15-11-6-7-12-16(15)22(20)4)19(23)21-18-13(2)9-8-10-14(18)3/h6-12H,5H2,1-4H3,(H,21,23). The molecular weight excluding hydrogens is 300 g/mol. The summed E-state index contributed by atoms with van der Waals surface area (Å²) in [4.78, 5) is 13.0.